The lowest BCUT2D eigenvalue weighted by atomic mass is 10.1. The fourth-order valence-corrected chi connectivity index (χ4v) is 8.47. The van der Waals surface area contributed by atoms with Gasteiger partial charge in [0.15, 0.2) is 11.5 Å². The first-order valence-electron chi connectivity index (χ1n) is 14.8. The molecule has 0 unspecified atom stereocenters. The van der Waals surface area contributed by atoms with E-state index in [-0.39, 0.29) is 17.6 Å². The molecule has 1 aromatic heterocycles. The quantitative estimate of drug-likeness (QED) is 0.170. The van der Waals surface area contributed by atoms with Crippen molar-refractivity contribution in [1.29, 1.82) is 0 Å². The van der Waals surface area contributed by atoms with Crippen LogP contribution in [-0.4, -0.2) is 57.5 Å². The summed E-state index contributed by atoms with van der Waals surface area (Å²) < 4.78 is 42.0. The molecule has 2 fully saturated rings. The number of benzene rings is 3. The predicted octanol–water partition coefficient (Wildman–Crippen LogP) is 6.23. The largest absolute Gasteiger partial charge is 0.454 e. The highest BCUT2D eigenvalue weighted by molar-refractivity contribution is 8.26. The molecular weight excluding hydrogens is 629 g/mol. The number of ether oxygens (including phenoxy) is 2. The molecule has 9 nitrogen and oxygen atoms in total. The summed E-state index contributed by atoms with van der Waals surface area (Å²) in [5.41, 5.74) is 3.58. The smallest absolute Gasteiger partial charge is 0.266 e. The van der Waals surface area contributed by atoms with Crippen molar-refractivity contribution in [2.45, 2.75) is 37.1 Å². The van der Waals surface area contributed by atoms with Crippen molar-refractivity contribution < 1.29 is 22.7 Å². The number of hydrogen-bond donors (Lipinski definition) is 0. The van der Waals surface area contributed by atoms with Crippen LogP contribution >= 0.6 is 24.0 Å². The number of carbonyl (C=O) groups excluding carboxylic acids is 1. The van der Waals surface area contributed by atoms with E-state index >= 15 is 0 Å². The van der Waals surface area contributed by atoms with Gasteiger partial charge in [0.05, 0.1) is 22.0 Å². The lowest BCUT2D eigenvalue weighted by molar-refractivity contribution is -0.122. The van der Waals surface area contributed by atoms with Gasteiger partial charge in [0.2, 0.25) is 16.8 Å². The second-order valence-corrected chi connectivity index (χ2v) is 14.6. The number of aromatic nitrogens is 2. The molecule has 2 saturated heterocycles. The van der Waals surface area contributed by atoms with Gasteiger partial charge in [-0.25, -0.2) is 13.1 Å². The van der Waals surface area contributed by atoms with Crippen LogP contribution in [0.3, 0.4) is 0 Å². The maximum Gasteiger partial charge on any atom is 0.266 e. The van der Waals surface area contributed by atoms with Crippen molar-refractivity contribution in [2.75, 3.05) is 19.9 Å². The molecule has 230 valence electrons. The number of amides is 1. The molecule has 0 radical (unpaired) electrons. The van der Waals surface area contributed by atoms with Gasteiger partial charge in [-0.1, -0.05) is 73.2 Å². The summed E-state index contributed by atoms with van der Waals surface area (Å²) in [6, 6.07) is 22.1. The zero-order chi connectivity index (χ0) is 31.0. The fraction of sp³-hybridized carbons (Fsp3) is 0.242. The molecule has 7 rings (SSSR count). The molecule has 0 atom stereocenters. The van der Waals surface area contributed by atoms with E-state index < -0.39 is 10.0 Å². The summed E-state index contributed by atoms with van der Waals surface area (Å²) in [4.78, 5) is 15.9. The number of rotatable bonds is 7. The molecular formula is C33H30N4O5S3. The van der Waals surface area contributed by atoms with Crippen LogP contribution in [-0.2, 0) is 21.4 Å². The van der Waals surface area contributed by atoms with Gasteiger partial charge in [0, 0.05) is 30.4 Å². The Hall–Kier alpha value is -3.97. The predicted molar refractivity (Wildman–Crippen MR) is 178 cm³/mol. The Kier molecular flexibility index (Phi) is 8.21. The van der Waals surface area contributed by atoms with E-state index in [4.69, 9.17) is 26.8 Å². The molecule has 0 saturated carbocycles. The average molecular weight is 659 g/mol. The number of nitrogens with zero attached hydrogens (tertiary/aromatic N) is 4. The summed E-state index contributed by atoms with van der Waals surface area (Å²) in [6.45, 7) is 1.52. The molecule has 4 aromatic rings. The van der Waals surface area contributed by atoms with Gasteiger partial charge >= 0.3 is 0 Å². The zero-order valence-electron chi connectivity index (χ0n) is 24.3. The summed E-state index contributed by atoms with van der Waals surface area (Å²) in [6.07, 6.45) is 7.43. The minimum absolute atomic E-state index is 0.175. The van der Waals surface area contributed by atoms with Crippen LogP contribution in [0, 0.1) is 0 Å². The molecule has 45 heavy (non-hydrogen) atoms. The van der Waals surface area contributed by atoms with Crippen LogP contribution in [0.1, 0.15) is 36.8 Å². The second kappa shape index (κ2) is 12.4. The van der Waals surface area contributed by atoms with E-state index in [9.17, 15) is 13.2 Å². The Labute approximate surface area is 271 Å². The Morgan fingerprint density at radius 3 is 2.49 bits per heavy atom. The van der Waals surface area contributed by atoms with E-state index in [0.29, 0.717) is 57.2 Å². The third-order valence-corrected chi connectivity index (χ3v) is 11.3. The summed E-state index contributed by atoms with van der Waals surface area (Å²) >= 11 is 6.86. The van der Waals surface area contributed by atoms with Crippen molar-refractivity contribution in [1.82, 2.24) is 19.0 Å². The highest BCUT2D eigenvalue weighted by Crippen LogP contribution is 2.38. The van der Waals surface area contributed by atoms with Crippen molar-refractivity contribution in [3.63, 3.8) is 0 Å². The normalized spacial score (nSPS) is 18.1. The number of fused-ring (bicyclic) bond motifs is 1. The van der Waals surface area contributed by atoms with Crippen LogP contribution in [0.15, 0.2) is 88.8 Å². The van der Waals surface area contributed by atoms with Gasteiger partial charge in [-0.05, 0) is 60.9 Å². The van der Waals surface area contributed by atoms with Crippen molar-refractivity contribution in [3.8, 4) is 28.4 Å². The van der Waals surface area contributed by atoms with Crippen LogP contribution in [0.2, 0.25) is 0 Å². The fourth-order valence-electron chi connectivity index (χ4n) is 5.66. The van der Waals surface area contributed by atoms with E-state index in [2.05, 4.69) is 0 Å². The van der Waals surface area contributed by atoms with Crippen molar-refractivity contribution in [3.05, 3.63) is 95.0 Å². The molecule has 0 aliphatic carbocycles. The lowest BCUT2D eigenvalue weighted by Crippen LogP contribution is -2.31. The van der Waals surface area contributed by atoms with Gasteiger partial charge < -0.3 is 9.47 Å². The van der Waals surface area contributed by atoms with E-state index in [1.54, 1.807) is 38.2 Å². The molecule has 0 spiro atoms. The molecule has 4 heterocycles. The van der Waals surface area contributed by atoms with Gasteiger partial charge in [-0.15, -0.1) is 0 Å². The Morgan fingerprint density at radius 1 is 0.911 bits per heavy atom. The number of thiocarbonyl (C=S) groups is 1. The molecule has 3 aliphatic rings. The number of thioether (sulfide) groups is 1. The Morgan fingerprint density at radius 2 is 1.69 bits per heavy atom. The number of carbonyl (C=O) groups is 1. The summed E-state index contributed by atoms with van der Waals surface area (Å²) in [5, 5.41) is 4.88. The maximum atomic E-state index is 13.7. The minimum Gasteiger partial charge on any atom is -0.454 e. The average Bonchev–Trinajstić information content (AvgIpc) is 3.69. The molecule has 0 bridgehead atoms. The number of sulfonamides is 1. The van der Waals surface area contributed by atoms with Gasteiger partial charge in [-0.3, -0.25) is 9.69 Å². The highest BCUT2D eigenvalue weighted by atomic mass is 32.2. The standard InChI is InChI=1S/C33H30N4O5S3/c38-32-30(44-33(43)36(32)20-23-13-14-28-29(17-23)42-22-41-28)19-25-21-37(26-10-4-3-5-11-26)34-31(25)24-9-8-12-27(18-24)45(39,40)35-15-6-1-2-7-16-35/h3-5,8-14,17-19,21H,1-2,6-7,15-16,20,22H2. The minimum atomic E-state index is -3.67. The SMILES string of the molecule is O=C1C(=Cc2cn(-c3ccccc3)nc2-c2cccc(S(=O)(=O)N3CCCCCC3)c2)SC(=S)N1Cc1ccc2c(c1)OCO2. The Balaban J connectivity index is 1.23. The molecule has 3 aliphatic heterocycles. The van der Waals surface area contributed by atoms with Crippen molar-refractivity contribution >= 4 is 50.3 Å². The lowest BCUT2D eigenvalue weighted by Gasteiger charge is -2.20. The van der Waals surface area contributed by atoms with Gasteiger partial charge in [0.25, 0.3) is 5.91 Å². The molecule has 3 aromatic carbocycles. The second-order valence-electron chi connectivity index (χ2n) is 11.0. The van der Waals surface area contributed by atoms with E-state index in [1.807, 2.05) is 60.8 Å². The maximum absolute atomic E-state index is 13.7. The third kappa shape index (κ3) is 6.02. The zero-order valence-corrected chi connectivity index (χ0v) is 26.7. The molecule has 0 N–H and O–H groups in total. The third-order valence-electron chi connectivity index (χ3n) is 8.01. The van der Waals surface area contributed by atoms with Crippen LogP contribution in [0.25, 0.3) is 23.0 Å². The molecule has 12 heteroatoms. The van der Waals surface area contributed by atoms with Gasteiger partial charge in [0.1, 0.15) is 10.0 Å². The van der Waals surface area contributed by atoms with Crippen LogP contribution in [0.5, 0.6) is 11.5 Å². The van der Waals surface area contributed by atoms with Crippen LogP contribution in [0.4, 0.5) is 0 Å². The summed E-state index contributed by atoms with van der Waals surface area (Å²) in [5.74, 6) is 1.11. The van der Waals surface area contributed by atoms with E-state index in [1.165, 1.54) is 11.8 Å². The number of para-hydroxylation sites is 1. The Bertz CT molecular complexity index is 1920. The van der Waals surface area contributed by atoms with Crippen molar-refractivity contribution in [2.24, 2.45) is 0 Å². The topological polar surface area (TPSA) is 94.0 Å². The monoisotopic (exact) mass is 658 g/mol. The van der Waals surface area contributed by atoms with Crippen LogP contribution < -0.4 is 9.47 Å². The highest BCUT2D eigenvalue weighted by Gasteiger charge is 2.33. The molecule has 1 amide bonds. The summed E-state index contributed by atoms with van der Waals surface area (Å²) in [7, 11) is -3.67. The van der Waals surface area contributed by atoms with Gasteiger partial charge in [-0.2, -0.15) is 9.40 Å². The first-order chi connectivity index (χ1) is 21.9. The first kappa shape index (κ1) is 29.7. The first-order valence-corrected chi connectivity index (χ1v) is 17.4. The van der Waals surface area contributed by atoms with E-state index in [0.717, 1.165) is 36.9 Å². The number of hydrogen-bond acceptors (Lipinski definition) is 8.